The van der Waals surface area contributed by atoms with Crippen LogP contribution in [0.5, 0.6) is 0 Å². The van der Waals surface area contributed by atoms with Crippen LogP contribution in [0.15, 0.2) is 0 Å². The van der Waals surface area contributed by atoms with E-state index in [0.29, 0.717) is 6.61 Å². The van der Waals surface area contributed by atoms with Crippen LogP contribution in [0.4, 0.5) is 0 Å². The summed E-state index contributed by atoms with van der Waals surface area (Å²) in [6.45, 7) is 4.83. The van der Waals surface area contributed by atoms with E-state index in [9.17, 15) is 9.46 Å². The molecule has 0 aromatic carbocycles. The SMILES string of the molecule is CCCCCCCCCCOP(=O)([O-])CCCCCCCCCC.[Nd+3]. The first-order valence-electron chi connectivity index (χ1n) is 10.6. The molecule has 0 aromatic heterocycles. The van der Waals surface area contributed by atoms with Gasteiger partial charge in [0.2, 0.25) is 0 Å². The molecule has 1 atom stereocenters. The summed E-state index contributed by atoms with van der Waals surface area (Å²) in [5.41, 5.74) is 0. The van der Waals surface area contributed by atoms with Crippen molar-refractivity contribution >= 4 is 7.60 Å². The maximum atomic E-state index is 11.8. The molecule has 0 aliphatic heterocycles. The molecule has 0 saturated carbocycles. The minimum atomic E-state index is -3.58. The van der Waals surface area contributed by atoms with Gasteiger partial charge in [0.1, 0.15) is 7.60 Å². The van der Waals surface area contributed by atoms with Crippen LogP contribution < -0.4 is 4.89 Å². The second-order valence-electron chi connectivity index (χ2n) is 7.12. The first-order valence-corrected chi connectivity index (χ1v) is 12.3. The molecule has 25 heavy (non-hydrogen) atoms. The third-order valence-corrected chi connectivity index (χ3v) is 6.01. The van der Waals surface area contributed by atoms with E-state index in [0.717, 1.165) is 32.1 Å². The number of unbranched alkanes of at least 4 members (excludes halogenated alkanes) is 14. The fourth-order valence-electron chi connectivity index (χ4n) is 2.94. The van der Waals surface area contributed by atoms with E-state index in [1.165, 1.54) is 70.6 Å². The van der Waals surface area contributed by atoms with Gasteiger partial charge in [-0.25, -0.2) is 0 Å². The molecule has 0 bridgehead atoms. The molecule has 147 valence electrons. The number of hydrogen-bond acceptors (Lipinski definition) is 3. The van der Waals surface area contributed by atoms with Gasteiger partial charge in [-0.05, 0) is 12.8 Å². The predicted octanol–water partition coefficient (Wildman–Crippen LogP) is 6.84. The minimum absolute atomic E-state index is 0. The van der Waals surface area contributed by atoms with Crippen LogP contribution >= 0.6 is 7.60 Å². The summed E-state index contributed by atoms with van der Waals surface area (Å²) in [7, 11) is -3.58. The molecule has 3 nitrogen and oxygen atoms in total. The van der Waals surface area contributed by atoms with Gasteiger partial charge in [-0.2, -0.15) is 0 Å². The van der Waals surface area contributed by atoms with Gasteiger partial charge in [-0.1, -0.05) is 104 Å². The third kappa shape index (κ3) is 23.5. The number of rotatable bonds is 19. The summed E-state index contributed by atoms with van der Waals surface area (Å²) >= 11 is 0. The maximum Gasteiger partial charge on any atom is 3.00 e. The van der Waals surface area contributed by atoms with Crippen LogP contribution in [0.2, 0.25) is 0 Å². The van der Waals surface area contributed by atoms with Gasteiger partial charge in [-0.15, -0.1) is 0 Å². The average molecular weight is 506 g/mol. The van der Waals surface area contributed by atoms with E-state index in [2.05, 4.69) is 13.8 Å². The van der Waals surface area contributed by atoms with Crippen molar-refractivity contribution in [3.8, 4) is 0 Å². The Hall–Kier alpha value is 1.50. The standard InChI is InChI=1S/C20H43O3P.Nd/c1-3-5-7-9-11-13-15-17-19-23-24(21,22)20-18-16-14-12-10-8-6-4-2;/h3-20H2,1-2H3,(H,21,22);/q;+3/p-1. The molecule has 5 heteroatoms. The van der Waals surface area contributed by atoms with E-state index in [-0.39, 0.29) is 47.0 Å². The van der Waals surface area contributed by atoms with Crippen LogP contribution in [0.3, 0.4) is 0 Å². The van der Waals surface area contributed by atoms with Crippen molar-refractivity contribution < 1.29 is 54.8 Å². The fraction of sp³-hybridized carbons (Fsp3) is 1.00. The van der Waals surface area contributed by atoms with Gasteiger partial charge in [0.05, 0.1) is 6.61 Å². The van der Waals surface area contributed by atoms with Crippen molar-refractivity contribution in [3.63, 3.8) is 0 Å². The third-order valence-electron chi connectivity index (χ3n) is 4.57. The Kier molecular flexibility index (Phi) is 25.0. The zero-order valence-corrected chi connectivity index (χ0v) is 21.0. The first-order chi connectivity index (χ1) is 11.6. The van der Waals surface area contributed by atoms with Crippen molar-refractivity contribution in [1.29, 1.82) is 0 Å². The quantitative estimate of drug-likeness (QED) is 0.143. The van der Waals surface area contributed by atoms with Gasteiger partial charge >= 0.3 is 40.8 Å². The molecule has 0 saturated heterocycles. The van der Waals surface area contributed by atoms with Gasteiger partial charge in [-0.3, -0.25) is 0 Å². The zero-order valence-electron chi connectivity index (χ0n) is 16.9. The van der Waals surface area contributed by atoms with Crippen LogP contribution in [0.1, 0.15) is 117 Å². The normalized spacial score (nSPS) is 13.4. The topological polar surface area (TPSA) is 49.4 Å². The van der Waals surface area contributed by atoms with E-state index in [1.807, 2.05) is 0 Å². The molecule has 0 heterocycles. The molecular weight excluding hydrogens is 463 g/mol. The molecule has 1 unspecified atom stereocenters. The van der Waals surface area contributed by atoms with Gasteiger partial charge in [0.25, 0.3) is 0 Å². The van der Waals surface area contributed by atoms with E-state index in [4.69, 9.17) is 4.52 Å². The summed E-state index contributed by atoms with van der Waals surface area (Å²) in [5, 5.41) is 0. The largest absolute Gasteiger partial charge is 3.00 e. The Morgan fingerprint density at radius 1 is 0.640 bits per heavy atom. The van der Waals surface area contributed by atoms with Gasteiger partial charge in [0.15, 0.2) is 0 Å². The molecule has 1 radical (unpaired) electrons. The maximum absolute atomic E-state index is 11.8. The molecule has 0 rings (SSSR count). The van der Waals surface area contributed by atoms with Crippen LogP contribution in [0, 0.1) is 40.8 Å². The minimum Gasteiger partial charge on any atom is -0.778 e. The molecular formula is C20H42NdO3P+2. The monoisotopic (exact) mass is 503 g/mol. The second kappa shape index (κ2) is 21.8. The Morgan fingerprint density at radius 3 is 1.44 bits per heavy atom. The summed E-state index contributed by atoms with van der Waals surface area (Å²) in [4.78, 5) is 11.8. The van der Waals surface area contributed by atoms with E-state index in [1.54, 1.807) is 0 Å². The molecule has 0 amide bonds. The van der Waals surface area contributed by atoms with E-state index < -0.39 is 7.60 Å². The van der Waals surface area contributed by atoms with E-state index >= 15 is 0 Å². The summed E-state index contributed by atoms with van der Waals surface area (Å²) in [5.74, 6) is 0. The van der Waals surface area contributed by atoms with Crippen LogP contribution in [-0.4, -0.2) is 12.8 Å². The average Bonchev–Trinajstić information content (AvgIpc) is 2.55. The Labute approximate surface area is 190 Å². The van der Waals surface area contributed by atoms with Gasteiger partial charge in [0, 0.05) is 6.16 Å². The summed E-state index contributed by atoms with van der Waals surface area (Å²) < 4.78 is 17.0. The summed E-state index contributed by atoms with van der Waals surface area (Å²) in [6, 6.07) is 0. The second-order valence-corrected chi connectivity index (χ2v) is 9.04. The Balaban J connectivity index is 0. The first kappa shape index (κ1) is 28.7. The van der Waals surface area contributed by atoms with Crippen LogP contribution in [-0.2, 0) is 9.09 Å². The molecule has 0 spiro atoms. The van der Waals surface area contributed by atoms with Crippen LogP contribution in [0.25, 0.3) is 0 Å². The predicted molar refractivity (Wildman–Crippen MR) is 104 cm³/mol. The fourth-order valence-corrected chi connectivity index (χ4v) is 4.09. The Bertz CT molecular complexity index is 301. The zero-order chi connectivity index (χ0) is 17.9. The summed E-state index contributed by atoms with van der Waals surface area (Å²) in [6.07, 6.45) is 19.3. The smallest absolute Gasteiger partial charge is 0.778 e. The van der Waals surface area contributed by atoms with Crippen molar-refractivity contribution in [1.82, 2.24) is 0 Å². The number of hydrogen-bond donors (Lipinski definition) is 0. The Morgan fingerprint density at radius 2 is 1.00 bits per heavy atom. The molecule has 0 N–H and O–H groups in total. The van der Waals surface area contributed by atoms with Crippen molar-refractivity contribution in [2.24, 2.45) is 0 Å². The molecule has 0 aliphatic rings. The molecule has 0 aliphatic carbocycles. The molecule has 0 aromatic rings. The van der Waals surface area contributed by atoms with Crippen molar-refractivity contribution in [3.05, 3.63) is 0 Å². The van der Waals surface area contributed by atoms with Crippen molar-refractivity contribution in [2.45, 2.75) is 117 Å². The molecule has 0 fully saturated rings. The van der Waals surface area contributed by atoms with Crippen molar-refractivity contribution in [2.75, 3.05) is 12.8 Å². The van der Waals surface area contributed by atoms with Gasteiger partial charge < -0.3 is 14.0 Å².